The van der Waals surface area contributed by atoms with E-state index in [-0.39, 0.29) is 5.91 Å². The van der Waals surface area contributed by atoms with Gasteiger partial charge in [0.05, 0.1) is 32.1 Å². The highest BCUT2D eigenvalue weighted by Crippen LogP contribution is 2.39. The van der Waals surface area contributed by atoms with Crippen molar-refractivity contribution in [1.29, 1.82) is 0 Å². The second kappa shape index (κ2) is 9.60. The van der Waals surface area contributed by atoms with E-state index >= 15 is 0 Å². The Morgan fingerprint density at radius 3 is 2.12 bits per heavy atom. The van der Waals surface area contributed by atoms with E-state index in [2.05, 4.69) is 15.3 Å². The standard InChI is InChI=1S/C19H25N3O4/c1-5-24-16-9-14(10-17(25-6-2)18(16)26-7-3)19(23)20-11-15-8-13(4)21-12-22-15/h8-10,12H,5-7,11H2,1-4H3,(H,20,23). The van der Waals surface area contributed by atoms with Crippen molar-refractivity contribution in [1.82, 2.24) is 15.3 Å². The molecule has 7 heteroatoms. The van der Waals surface area contributed by atoms with Gasteiger partial charge >= 0.3 is 0 Å². The van der Waals surface area contributed by atoms with Crippen LogP contribution in [0.15, 0.2) is 24.5 Å². The van der Waals surface area contributed by atoms with Gasteiger partial charge in [0.25, 0.3) is 5.91 Å². The molecule has 0 saturated heterocycles. The van der Waals surface area contributed by atoms with Crippen molar-refractivity contribution in [2.75, 3.05) is 19.8 Å². The normalized spacial score (nSPS) is 10.3. The molecule has 140 valence electrons. The average molecular weight is 359 g/mol. The number of ether oxygens (including phenoxy) is 3. The van der Waals surface area contributed by atoms with Gasteiger partial charge in [-0.2, -0.15) is 0 Å². The van der Waals surface area contributed by atoms with Crippen LogP contribution in [0.1, 0.15) is 42.5 Å². The summed E-state index contributed by atoms with van der Waals surface area (Å²) in [6.45, 7) is 9.20. The topological polar surface area (TPSA) is 82.6 Å². The van der Waals surface area contributed by atoms with Gasteiger partial charge in [-0.05, 0) is 45.9 Å². The highest BCUT2D eigenvalue weighted by atomic mass is 16.5. The van der Waals surface area contributed by atoms with Crippen LogP contribution in [0.5, 0.6) is 17.2 Å². The average Bonchev–Trinajstić information content (AvgIpc) is 2.62. The van der Waals surface area contributed by atoms with Crippen molar-refractivity contribution in [3.05, 3.63) is 41.5 Å². The van der Waals surface area contributed by atoms with Crippen LogP contribution in [-0.2, 0) is 6.54 Å². The molecule has 0 saturated carbocycles. The zero-order chi connectivity index (χ0) is 18.9. The van der Waals surface area contributed by atoms with E-state index in [9.17, 15) is 4.79 Å². The van der Waals surface area contributed by atoms with E-state index in [1.165, 1.54) is 6.33 Å². The van der Waals surface area contributed by atoms with Gasteiger partial charge in [-0.25, -0.2) is 9.97 Å². The SMILES string of the molecule is CCOc1cc(C(=O)NCc2cc(C)ncn2)cc(OCC)c1OCC. The van der Waals surface area contributed by atoms with Crippen molar-refractivity contribution in [3.8, 4) is 17.2 Å². The van der Waals surface area contributed by atoms with E-state index in [4.69, 9.17) is 14.2 Å². The fraction of sp³-hybridized carbons (Fsp3) is 0.421. The molecule has 26 heavy (non-hydrogen) atoms. The van der Waals surface area contributed by atoms with Crippen LogP contribution in [0.2, 0.25) is 0 Å². The summed E-state index contributed by atoms with van der Waals surface area (Å²) < 4.78 is 16.9. The lowest BCUT2D eigenvalue weighted by atomic mass is 10.1. The fourth-order valence-corrected chi connectivity index (χ4v) is 2.40. The molecule has 0 aliphatic rings. The first-order chi connectivity index (χ1) is 12.6. The zero-order valence-corrected chi connectivity index (χ0v) is 15.7. The second-order valence-corrected chi connectivity index (χ2v) is 5.43. The third kappa shape index (κ3) is 5.08. The summed E-state index contributed by atoms with van der Waals surface area (Å²) in [6, 6.07) is 5.16. The van der Waals surface area contributed by atoms with Crippen molar-refractivity contribution >= 4 is 5.91 Å². The van der Waals surface area contributed by atoms with Crippen molar-refractivity contribution in [2.45, 2.75) is 34.2 Å². The molecule has 0 atom stereocenters. The lowest BCUT2D eigenvalue weighted by molar-refractivity contribution is 0.0949. The number of rotatable bonds is 9. The Morgan fingerprint density at radius 1 is 0.962 bits per heavy atom. The van der Waals surface area contributed by atoms with E-state index in [1.54, 1.807) is 12.1 Å². The van der Waals surface area contributed by atoms with E-state index in [1.807, 2.05) is 33.8 Å². The smallest absolute Gasteiger partial charge is 0.251 e. The Morgan fingerprint density at radius 2 is 1.58 bits per heavy atom. The summed E-state index contributed by atoms with van der Waals surface area (Å²) in [7, 11) is 0. The Bertz CT molecular complexity index is 722. The minimum atomic E-state index is -0.244. The highest BCUT2D eigenvalue weighted by molar-refractivity contribution is 5.95. The van der Waals surface area contributed by atoms with Gasteiger partial charge in [0, 0.05) is 11.3 Å². The molecule has 1 aromatic carbocycles. The number of nitrogens with one attached hydrogen (secondary N) is 1. The number of aromatic nitrogens is 2. The molecule has 2 aromatic rings. The van der Waals surface area contributed by atoms with Gasteiger partial charge in [-0.3, -0.25) is 4.79 Å². The second-order valence-electron chi connectivity index (χ2n) is 5.43. The van der Waals surface area contributed by atoms with Gasteiger partial charge in [-0.1, -0.05) is 0 Å². The zero-order valence-electron chi connectivity index (χ0n) is 15.7. The molecule has 7 nitrogen and oxygen atoms in total. The van der Waals surface area contributed by atoms with Crippen LogP contribution in [0, 0.1) is 6.92 Å². The lowest BCUT2D eigenvalue weighted by Gasteiger charge is -2.17. The molecule has 1 aromatic heterocycles. The number of hydrogen-bond donors (Lipinski definition) is 1. The van der Waals surface area contributed by atoms with Gasteiger partial charge in [0.1, 0.15) is 6.33 Å². The number of carbonyl (C=O) groups is 1. The Balaban J connectivity index is 2.24. The third-order valence-corrected chi connectivity index (χ3v) is 3.46. The van der Waals surface area contributed by atoms with Crippen molar-refractivity contribution in [2.24, 2.45) is 0 Å². The lowest BCUT2D eigenvalue weighted by Crippen LogP contribution is -2.23. The van der Waals surface area contributed by atoms with E-state index in [0.29, 0.717) is 49.2 Å². The predicted octanol–water partition coefficient (Wildman–Crippen LogP) is 2.91. The number of aryl methyl sites for hydroxylation is 1. The number of carbonyl (C=O) groups excluding carboxylic acids is 1. The Kier molecular flexibility index (Phi) is 7.20. The quantitative estimate of drug-likeness (QED) is 0.741. The maximum atomic E-state index is 12.6. The van der Waals surface area contributed by atoms with Crippen LogP contribution in [0.4, 0.5) is 0 Å². The number of amides is 1. The van der Waals surface area contributed by atoms with Gasteiger partial charge in [0.2, 0.25) is 5.75 Å². The molecule has 0 fully saturated rings. The number of nitrogens with zero attached hydrogens (tertiary/aromatic N) is 2. The van der Waals surface area contributed by atoms with Crippen LogP contribution in [0.3, 0.4) is 0 Å². The third-order valence-electron chi connectivity index (χ3n) is 3.46. The van der Waals surface area contributed by atoms with Crippen LogP contribution in [0.25, 0.3) is 0 Å². The predicted molar refractivity (Wildman–Crippen MR) is 97.9 cm³/mol. The first-order valence-electron chi connectivity index (χ1n) is 8.71. The summed E-state index contributed by atoms with van der Waals surface area (Å²) in [5, 5.41) is 2.85. The summed E-state index contributed by atoms with van der Waals surface area (Å²) in [5.74, 6) is 1.25. The summed E-state index contributed by atoms with van der Waals surface area (Å²) in [6.07, 6.45) is 1.48. The number of benzene rings is 1. The molecule has 1 heterocycles. The molecular weight excluding hydrogens is 334 g/mol. The highest BCUT2D eigenvalue weighted by Gasteiger charge is 2.18. The maximum Gasteiger partial charge on any atom is 0.251 e. The molecule has 0 unspecified atom stereocenters. The van der Waals surface area contributed by atoms with Gasteiger partial charge < -0.3 is 19.5 Å². The van der Waals surface area contributed by atoms with Crippen LogP contribution in [-0.4, -0.2) is 35.7 Å². The molecule has 0 aliphatic carbocycles. The van der Waals surface area contributed by atoms with Crippen molar-refractivity contribution in [3.63, 3.8) is 0 Å². The van der Waals surface area contributed by atoms with Crippen LogP contribution < -0.4 is 19.5 Å². The summed E-state index contributed by atoms with van der Waals surface area (Å²) >= 11 is 0. The van der Waals surface area contributed by atoms with Crippen LogP contribution >= 0.6 is 0 Å². The fourth-order valence-electron chi connectivity index (χ4n) is 2.40. The molecule has 1 N–H and O–H groups in total. The van der Waals surface area contributed by atoms with Gasteiger partial charge in [-0.15, -0.1) is 0 Å². The maximum absolute atomic E-state index is 12.6. The molecule has 0 bridgehead atoms. The minimum Gasteiger partial charge on any atom is -0.490 e. The summed E-state index contributed by atoms with van der Waals surface area (Å²) in [5.41, 5.74) is 2.03. The first-order valence-corrected chi connectivity index (χ1v) is 8.71. The molecule has 0 radical (unpaired) electrons. The largest absolute Gasteiger partial charge is 0.490 e. The van der Waals surface area contributed by atoms with Crippen molar-refractivity contribution < 1.29 is 19.0 Å². The van der Waals surface area contributed by atoms with Gasteiger partial charge in [0.15, 0.2) is 11.5 Å². The Hall–Kier alpha value is -2.83. The first kappa shape index (κ1) is 19.5. The summed E-state index contributed by atoms with van der Waals surface area (Å²) in [4.78, 5) is 20.8. The van der Waals surface area contributed by atoms with E-state index < -0.39 is 0 Å². The molecule has 0 aliphatic heterocycles. The molecule has 1 amide bonds. The Labute approximate surface area is 153 Å². The molecular formula is C19H25N3O4. The number of hydrogen-bond acceptors (Lipinski definition) is 6. The monoisotopic (exact) mass is 359 g/mol. The molecule has 0 spiro atoms. The molecule has 2 rings (SSSR count). The van der Waals surface area contributed by atoms with E-state index in [0.717, 1.165) is 11.4 Å². The minimum absolute atomic E-state index is 0.244.